The minimum atomic E-state index is -0.930. The Bertz CT molecular complexity index is 595. The van der Waals surface area contributed by atoms with Gasteiger partial charge in [0.1, 0.15) is 11.3 Å². The van der Waals surface area contributed by atoms with E-state index in [-0.39, 0.29) is 18.5 Å². The molecule has 0 aliphatic heterocycles. The van der Waals surface area contributed by atoms with Crippen molar-refractivity contribution < 1.29 is 19.1 Å². The van der Waals surface area contributed by atoms with Crippen LogP contribution in [0.2, 0.25) is 5.02 Å². The van der Waals surface area contributed by atoms with Gasteiger partial charge in [0, 0.05) is 5.02 Å². The number of carbonyl (C=O) groups excluding carboxylic acids is 2. The summed E-state index contributed by atoms with van der Waals surface area (Å²) >= 11 is 5.91. The molecule has 0 bridgehead atoms. The third-order valence-electron chi connectivity index (χ3n) is 4.41. The number of nitrogens with one attached hydrogen (secondary N) is 1. The molecule has 1 amide bonds. The molecule has 1 N–H and O–H groups in total. The molecule has 0 heterocycles. The van der Waals surface area contributed by atoms with Gasteiger partial charge in [0.05, 0.1) is 7.11 Å². The number of hydrogen-bond donors (Lipinski definition) is 1. The number of aryl methyl sites for hydroxylation is 1. The number of esters is 1. The molecular formula is C18H24ClNO4. The molecule has 2 rings (SSSR count). The molecule has 0 unspecified atom stereocenters. The van der Waals surface area contributed by atoms with Gasteiger partial charge < -0.3 is 14.8 Å². The molecule has 0 radical (unpaired) electrons. The highest BCUT2D eigenvalue weighted by Crippen LogP contribution is 2.28. The molecule has 0 aromatic heterocycles. The molecule has 0 spiro atoms. The maximum Gasteiger partial charge on any atom is 0.331 e. The van der Waals surface area contributed by atoms with Gasteiger partial charge in [-0.25, -0.2) is 4.79 Å². The lowest BCUT2D eigenvalue weighted by Crippen LogP contribution is -2.55. The van der Waals surface area contributed by atoms with E-state index in [0.29, 0.717) is 23.6 Å². The van der Waals surface area contributed by atoms with Crippen LogP contribution in [-0.4, -0.2) is 31.1 Å². The number of carbonyl (C=O) groups is 2. The van der Waals surface area contributed by atoms with Crippen molar-refractivity contribution in [1.82, 2.24) is 5.32 Å². The summed E-state index contributed by atoms with van der Waals surface area (Å²) in [5.74, 6) is -0.0976. The lowest BCUT2D eigenvalue weighted by Gasteiger charge is -2.30. The van der Waals surface area contributed by atoms with E-state index in [1.807, 2.05) is 6.92 Å². The van der Waals surface area contributed by atoms with E-state index in [0.717, 1.165) is 31.2 Å². The molecular weight excluding hydrogens is 330 g/mol. The zero-order valence-electron chi connectivity index (χ0n) is 14.2. The van der Waals surface area contributed by atoms with Crippen LogP contribution in [-0.2, 0) is 14.3 Å². The van der Waals surface area contributed by atoms with Crippen LogP contribution in [0.25, 0.3) is 0 Å². The fraction of sp³-hybridized carbons (Fsp3) is 0.556. The SMILES string of the molecule is COC(=O)C1(NC(=O)COc2ccc(Cl)cc2C)CCCCCC1. The standard InChI is InChI=1S/C18H24ClNO4/c1-13-11-14(19)7-8-15(13)24-12-16(21)20-18(17(22)23-2)9-5-3-4-6-10-18/h7-8,11H,3-6,9-10,12H2,1-2H3,(H,20,21). The second kappa shape index (κ2) is 8.38. The zero-order valence-corrected chi connectivity index (χ0v) is 14.9. The smallest absolute Gasteiger partial charge is 0.331 e. The summed E-state index contributed by atoms with van der Waals surface area (Å²) in [6.45, 7) is 1.71. The Labute approximate surface area is 147 Å². The summed E-state index contributed by atoms with van der Waals surface area (Å²) in [7, 11) is 1.36. The predicted molar refractivity (Wildman–Crippen MR) is 92.3 cm³/mol. The Morgan fingerprint density at radius 1 is 1.21 bits per heavy atom. The molecule has 24 heavy (non-hydrogen) atoms. The summed E-state index contributed by atoms with van der Waals surface area (Å²) in [5.41, 5.74) is -0.0757. The molecule has 132 valence electrons. The van der Waals surface area contributed by atoms with Crippen LogP contribution >= 0.6 is 11.6 Å². The number of rotatable bonds is 5. The van der Waals surface area contributed by atoms with Crippen molar-refractivity contribution in [2.24, 2.45) is 0 Å². The predicted octanol–water partition coefficient (Wildman–Crippen LogP) is 3.41. The van der Waals surface area contributed by atoms with Crippen LogP contribution in [0.3, 0.4) is 0 Å². The van der Waals surface area contributed by atoms with Gasteiger partial charge in [-0.15, -0.1) is 0 Å². The number of benzene rings is 1. The van der Waals surface area contributed by atoms with Gasteiger partial charge in [-0.05, 0) is 43.5 Å². The number of ether oxygens (including phenoxy) is 2. The Morgan fingerprint density at radius 2 is 1.88 bits per heavy atom. The molecule has 1 aliphatic rings. The molecule has 0 saturated heterocycles. The van der Waals surface area contributed by atoms with E-state index in [9.17, 15) is 9.59 Å². The van der Waals surface area contributed by atoms with Crippen LogP contribution in [0.1, 0.15) is 44.1 Å². The molecule has 5 nitrogen and oxygen atoms in total. The second-order valence-electron chi connectivity index (χ2n) is 6.23. The van der Waals surface area contributed by atoms with E-state index in [4.69, 9.17) is 21.1 Å². The Morgan fingerprint density at radius 3 is 2.46 bits per heavy atom. The Balaban J connectivity index is 2.01. The fourth-order valence-corrected chi connectivity index (χ4v) is 3.36. The van der Waals surface area contributed by atoms with Crippen molar-refractivity contribution in [3.8, 4) is 5.75 Å². The van der Waals surface area contributed by atoms with Crippen LogP contribution < -0.4 is 10.1 Å². The van der Waals surface area contributed by atoms with Crippen molar-refractivity contribution >= 4 is 23.5 Å². The van der Waals surface area contributed by atoms with Crippen molar-refractivity contribution in [2.45, 2.75) is 51.0 Å². The number of amides is 1. The summed E-state index contributed by atoms with van der Waals surface area (Å²) in [4.78, 5) is 24.6. The molecule has 0 atom stereocenters. The minimum absolute atomic E-state index is 0.152. The zero-order chi connectivity index (χ0) is 17.6. The van der Waals surface area contributed by atoms with Crippen LogP contribution in [0, 0.1) is 6.92 Å². The average Bonchev–Trinajstić information content (AvgIpc) is 2.79. The highest BCUT2D eigenvalue weighted by atomic mass is 35.5. The van der Waals surface area contributed by atoms with E-state index in [2.05, 4.69) is 5.32 Å². The first-order chi connectivity index (χ1) is 11.5. The summed E-state index contributed by atoms with van der Waals surface area (Å²) in [6, 6.07) is 5.21. The molecule has 6 heteroatoms. The van der Waals surface area contributed by atoms with Gasteiger partial charge in [0.2, 0.25) is 0 Å². The Kier molecular flexibility index (Phi) is 6.49. The highest BCUT2D eigenvalue weighted by molar-refractivity contribution is 6.30. The van der Waals surface area contributed by atoms with E-state index < -0.39 is 5.54 Å². The number of halogens is 1. The van der Waals surface area contributed by atoms with E-state index >= 15 is 0 Å². The number of hydrogen-bond acceptors (Lipinski definition) is 4. The van der Waals surface area contributed by atoms with E-state index in [1.54, 1.807) is 18.2 Å². The summed E-state index contributed by atoms with van der Waals surface area (Å²) in [5, 5.41) is 3.48. The first-order valence-corrected chi connectivity index (χ1v) is 8.63. The molecule has 1 aromatic carbocycles. The van der Waals surface area contributed by atoms with Crippen molar-refractivity contribution in [2.75, 3.05) is 13.7 Å². The van der Waals surface area contributed by atoms with Crippen molar-refractivity contribution in [3.05, 3.63) is 28.8 Å². The number of methoxy groups -OCH3 is 1. The largest absolute Gasteiger partial charge is 0.484 e. The highest BCUT2D eigenvalue weighted by Gasteiger charge is 2.41. The molecule has 1 saturated carbocycles. The topological polar surface area (TPSA) is 64.6 Å². The third-order valence-corrected chi connectivity index (χ3v) is 4.64. The first kappa shape index (κ1) is 18.6. The van der Waals surface area contributed by atoms with Crippen molar-refractivity contribution in [1.29, 1.82) is 0 Å². The quantitative estimate of drug-likeness (QED) is 0.650. The van der Waals surface area contributed by atoms with Gasteiger partial charge in [-0.1, -0.05) is 37.3 Å². The monoisotopic (exact) mass is 353 g/mol. The van der Waals surface area contributed by atoms with Crippen LogP contribution in [0.15, 0.2) is 18.2 Å². The minimum Gasteiger partial charge on any atom is -0.484 e. The van der Waals surface area contributed by atoms with Crippen LogP contribution in [0.5, 0.6) is 5.75 Å². The normalized spacial score (nSPS) is 16.8. The summed E-state index contributed by atoms with van der Waals surface area (Å²) in [6.07, 6.45) is 5.12. The molecule has 1 fully saturated rings. The summed E-state index contributed by atoms with van der Waals surface area (Å²) < 4.78 is 10.5. The lowest BCUT2D eigenvalue weighted by molar-refractivity contribution is -0.152. The first-order valence-electron chi connectivity index (χ1n) is 8.25. The van der Waals surface area contributed by atoms with Gasteiger partial charge in [-0.3, -0.25) is 4.79 Å². The molecule has 1 aromatic rings. The van der Waals surface area contributed by atoms with Gasteiger partial charge in [-0.2, -0.15) is 0 Å². The van der Waals surface area contributed by atoms with E-state index in [1.165, 1.54) is 7.11 Å². The average molecular weight is 354 g/mol. The lowest BCUT2D eigenvalue weighted by atomic mass is 9.90. The second-order valence-corrected chi connectivity index (χ2v) is 6.67. The van der Waals surface area contributed by atoms with Gasteiger partial charge >= 0.3 is 5.97 Å². The maximum absolute atomic E-state index is 12.3. The third kappa shape index (κ3) is 4.63. The van der Waals surface area contributed by atoms with Gasteiger partial charge in [0.15, 0.2) is 6.61 Å². The van der Waals surface area contributed by atoms with Crippen LogP contribution in [0.4, 0.5) is 0 Å². The molecule has 1 aliphatic carbocycles. The maximum atomic E-state index is 12.3. The fourth-order valence-electron chi connectivity index (χ4n) is 3.13. The Hall–Kier alpha value is -1.75. The van der Waals surface area contributed by atoms with Crippen molar-refractivity contribution in [3.63, 3.8) is 0 Å². The van der Waals surface area contributed by atoms with Gasteiger partial charge in [0.25, 0.3) is 5.91 Å².